The predicted octanol–water partition coefficient (Wildman–Crippen LogP) is 6.44. The molecule has 164 valence electrons. The first-order chi connectivity index (χ1) is 15.0. The third-order valence-electron chi connectivity index (χ3n) is 5.11. The molecule has 0 saturated heterocycles. The molecule has 32 heavy (non-hydrogen) atoms. The first-order valence-corrected chi connectivity index (χ1v) is 11.4. The first kappa shape index (κ1) is 22.0. The molecule has 8 heteroatoms. The zero-order valence-electron chi connectivity index (χ0n) is 17.0. The smallest absolute Gasteiger partial charge is 0.252 e. The molecule has 3 aromatic carbocycles. The van der Waals surface area contributed by atoms with Crippen molar-refractivity contribution in [1.29, 1.82) is 0 Å². The molecule has 4 aromatic rings. The SMILES string of the molecule is Cc1cc(-c2cc(-c3ccccc3)cc(S(C)(=O)=O)c2F)c2cccc(C(F)(F)F)c2n1. The normalized spacial score (nSPS) is 12.3. The second kappa shape index (κ2) is 7.70. The third kappa shape index (κ3) is 3.98. The van der Waals surface area contributed by atoms with E-state index < -0.39 is 32.3 Å². The standard InChI is InChI=1S/C24H17F4NO2S/c1-14-11-18(17-9-6-10-20(23(17)29-14)24(26,27)28)19-12-16(15-7-4-3-5-8-15)13-21(22(19)25)32(2,30)31/h3-13H,1-2H3. The molecular weight excluding hydrogens is 442 g/mol. The van der Waals surface area contributed by atoms with Crippen LogP contribution in [0.3, 0.4) is 0 Å². The van der Waals surface area contributed by atoms with Crippen molar-refractivity contribution in [2.24, 2.45) is 0 Å². The van der Waals surface area contributed by atoms with Crippen LogP contribution in [-0.4, -0.2) is 19.7 Å². The number of sulfone groups is 1. The van der Waals surface area contributed by atoms with Gasteiger partial charge in [0.15, 0.2) is 9.84 Å². The van der Waals surface area contributed by atoms with E-state index in [4.69, 9.17) is 0 Å². The number of hydrogen-bond donors (Lipinski definition) is 0. The summed E-state index contributed by atoms with van der Waals surface area (Å²) in [5.41, 5.74) is 0.0834. The highest BCUT2D eigenvalue weighted by Gasteiger charge is 2.34. The number of aryl methyl sites for hydroxylation is 1. The molecule has 0 N–H and O–H groups in total. The molecular formula is C24H17F4NO2S. The number of alkyl halides is 3. The van der Waals surface area contributed by atoms with E-state index in [-0.39, 0.29) is 27.7 Å². The zero-order valence-corrected chi connectivity index (χ0v) is 17.9. The van der Waals surface area contributed by atoms with E-state index in [1.54, 1.807) is 30.3 Å². The van der Waals surface area contributed by atoms with Gasteiger partial charge in [-0.1, -0.05) is 42.5 Å². The second-order valence-electron chi connectivity index (χ2n) is 7.48. The van der Waals surface area contributed by atoms with Crippen molar-refractivity contribution in [3.8, 4) is 22.3 Å². The van der Waals surface area contributed by atoms with Crippen LogP contribution < -0.4 is 0 Å². The average molecular weight is 459 g/mol. The van der Waals surface area contributed by atoms with Gasteiger partial charge in [0.2, 0.25) is 0 Å². The Kier molecular flexibility index (Phi) is 5.29. The lowest BCUT2D eigenvalue weighted by atomic mass is 9.94. The van der Waals surface area contributed by atoms with E-state index >= 15 is 4.39 Å². The minimum Gasteiger partial charge on any atom is -0.252 e. The number of nitrogens with zero attached hydrogens (tertiary/aromatic N) is 1. The summed E-state index contributed by atoms with van der Waals surface area (Å²) in [5, 5.41) is 0.0778. The molecule has 0 aliphatic carbocycles. The topological polar surface area (TPSA) is 47.0 Å². The lowest BCUT2D eigenvalue weighted by molar-refractivity contribution is -0.136. The number of rotatable bonds is 3. The summed E-state index contributed by atoms with van der Waals surface area (Å²) in [6.07, 6.45) is -3.76. The molecule has 1 heterocycles. The Morgan fingerprint density at radius 2 is 1.53 bits per heavy atom. The Labute approximate surface area is 182 Å². The molecule has 0 bridgehead atoms. The fourth-order valence-electron chi connectivity index (χ4n) is 3.69. The highest BCUT2D eigenvalue weighted by molar-refractivity contribution is 7.90. The van der Waals surface area contributed by atoms with Crippen LogP contribution in [0.5, 0.6) is 0 Å². The van der Waals surface area contributed by atoms with Crippen LogP contribution in [0.4, 0.5) is 17.6 Å². The molecule has 0 amide bonds. The van der Waals surface area contributed by atoms with Gasteiger partial charge >= 0.3 is 6.18 Å². The number of para-hydroxylation sites is 1. The monoisotopic (exact) mass is 459 g/mol. The van der Waals surface area contributed by atoms with Crippen molar-refractivity contribution < 1.29 is 26.0 Å². The van der Waals surface area contributed by atoms with Gasteiger partial charge in [0.1, 0.15) is 10.7 Å². The molecule has 0 unspecified atom stereocenters. The molecule has 0 aliphatic rings. The number of fused-ring (bicyclic) bond motifs is 1. The van der Waals surface area contributed by atoms with Crippen LogP contribution in [0.2, 0.25) is 0 Å². The minimum atomic E-state index is -4.65. The molecule has 0 aliphatic heterocycles. The van der Waals surface area contributed by atoms with Gasteiger partial charge in [0.05, 0.1) is 11.1 Å². The Bertz CT molecular complexity index is 1450. The molecule has 0 saturated carbocycles. The number of halogens is 4. The summed E-state index contributed by atoms with van der Waals surface area (Å²) in [6.45, 7) is 1.51. The van der Waals surface area contributed by atoms with Crippen LogP contribution in [-0.2, 0) is 16.0 Å². The quantitative estimate of drug-likeness (QED) is 0.331. The molecule has 1 aromatic heterocycles. The predicted molar refractivity (Wildman–Crippen MR) is 115 cm³/mol. The maximum Gasteiger partial charge on any atom is 0.418 e. The number of hydrogen-bond acceptors (Lipinski definition) is 3. The van der Waals surface area contributed by atoms with Crippen LogP contribution >= 0.6 is 0 Å². The van der Waals surface area contributed by atoms with Crippen molar-refractivity contribution in [3.63, 3.8) is 0 Å². The van der Waals surface area contributed by atoms with Crippen LogP contribution in [0.25, 0.3) is 33.2 Å². The molecule has 0 atom stereocenters. The first-order valence-electron chi connectivity index (χ1n) is 9.54. The van der Waals surface area contributed by atoms with Crippen molar-refractivity contribution >= 4 is 20.7 Å². The van der Waals surface area contributed by atoms with E-state index in [0.29, 0.717) is 11.1 Å². The van der Waals surface area contributed by atoms with E-state index in [9.17, 15) is 21.6 Å². The van der Waals surface area contributed by atoms with E-state index in [2.05, 4.69) is 4.98 Å². The van der Waals surface area contributed by atoms with Crippen LogP contribution in [0, 0.1) is 12.7 Å². The van der Waals surface area contributed by atoms with Gasteiger partial charge in [0, 0.05) is 22.9 Å². The zero-order chi connectivity index (χ0) is 23.3. The van der Waals surface area contributed by atoms with Gasteiger partial charge in [-0.25, -0.2) is 12.8 Å². The van der Waals surface area contributed by atoms with Gasteiger partial charge in [-0.3, -0.25) is 4.98 Å². The second-order valence-corrected chi connectivity index (χ2v) is 9.47. The largest absolute Gasteiger partial charge is 0.418 e. The lowest BCUT2D eigenvalue weighted by Crippen LogP contribution is -2.08. The number of aromatic nitrogens is 1. The Balaban J connectivity index is 2.12. The Morgan fingerprint density at radius 3 is 2.16 bits per heavy atom. The average Bonchev–Trinajstić information content (AvgIpc) is 2.72. The van der Waals surface area contributed by atoms with Crippen molar-refractivity contribution in [2.45, 2.75) is 18.0 Å². The van der Waals surface area contributed by atoms with Crippen molar-refractivity contribution in [2.75, 3.05) is 6.26 Å². The van der Waals surface area contributed by atoms with E-state index in [0.717, 1.165) is 12.3 Å². The summed E-state index contributed by atoms with van der Waals surface area (Å²) >= 11 is 0. The van der Waals surface area contributed by atoms with E-state index in [1.807, 2.05) is 0 Å². The summed E-state index contributed by atoms with van der Waals surface area (Å²) in [5.74, 6) is -1.02. The third-order valence-corrected chi connectivity index (χ3v) is 6.20. The minimum absolute atomic E-state index is 0.0778. The fourth-order valence-corrected chi connectivity index (χ4v) is 4.47. The Morgan fingerprint density at radius 1 is 0.844 bits per heavy atom. The summed E-state index contributed by atoms with van der Waals surface area (Å²) in [4.78, 5) is 3.52. The molecule has 0 fully saturated rings. The fraction of sp³-hybridized carbons (Fsp3) is 0.125. The van der Waals surface area contributed by atoms with Gasteiger partial charge in [-0.2, -0.15) is 13.2 Å². The van der Waals surface area contributed by atoms with Crippen LogP contribution in [0.1, 0.15) is 11.3 Å². The summed E-state index contributed by atoms with van der Waals surface area (Å²) in [7, 11) is -3.96. The van der Waals surface area contributed by atoms with Gasteiger partial charge in [-0.05, 0) is 47.9 Å². The van der Waals surface area contributed by atoms with Gasteiger partial charge < -0.3 is 0 Å². The van der Waals surface area contributed by atoms with Gasteiger partial charge in [-0.15, -0.1) is 0 Å². The van der Waals surface area contributed by atoms with Crippen molar-refractivity contribution in [1.82, 2.24) is 4.98 Å². The van der Waals surface area contributed by atoms with Gasteiger partial charge in [0.25, 0.3) is 0 Å². The molecule has 4 rings (SSSR count). The maximum absolute atomic E-state index is 15.5. The number of pyridine rings is 1. The molecule has 3 nitrogen and oxygen atoms in total. The summed E-state index contributed by atoms with van der Waals surface area (Å²) in [6, 6.07) is 16.5. The molecule has 0 radical (unpaired) electrons. The highest BCUT2D eigenvalue weighted by Crippen LogP contribution is 2.40. The maximum atomic E-state index is 15.5. The number of benzene rings is 3. The highest BCUT2D eigenvalue weighted by atomic mass is 32.2. The lowest BCUT2D eigenvalue weighted by Gasteiger charge is -2.16. The van der Waals surface area contributed by atoms with Crippen LogP contribution in [0.15, 0.2) is 71.6 Å². The molecule has 0 spiro atoms. The van der Waals surface area contributed by atoms with Crippen molar-refractivity contribution in [3.05, 3.63) is 83.8 Å². The van der Waals surface area contributed by atoms with E-state index in [1.165, 1.54) is 37.3 Å². The summed E-state index contributed by atoms with van der Waals surface area (Å²) < 4.78 is 80.9. The Hall–Kier alpha value is -3.26.